The van der Waals surface area contributed by atoms with E-state index in [-0.39, 0.29) is 43.3 Å². The highest BCUT2D eigenvalue weighted by Gasteiger charge is 2.25. The number of esters is 1. The summed E-state index contributed by atoms with van der Waals surface area (Å²) in [6.45, 7) is 7.09. The molecule has 14 heteroatoms. The molecule has 38 heavy (non-hydrogen) atoms. The highest BCUT2D eigenvalue weighted by atomic mass is 16.5. The van der Waals surface area contributed by atoms with Crippen LogP contribution in [0.4, 0.5) is 4.79 Å². The van der Waals surface area contributed by atoms with Crippen molar-refractivity contribution in [1.82, 2.24) is 26.2 Å². The van der Waals surface area contributed by atoms with Gasteiger partial charge in [-0.05, 0) is 25.2 Å². The number of nitrogens with zero attached hydrogens (tertiary/aromatic N) is 1. The average molecular weight is 541 g/mol. The molecule has 1 aliphatic heterocycles. The lowest BCUT2D eigenvalue weighted by Crippen LogP contribution is -2.51. The van der Waals surface area contributed by atoms with Crippen LogP contribution in [0.15, 0.2) is 12.2 Å². The number of nitrogens with one attached hydrogen (secondary N) is 4. The van der Waals surface area contributed by atoms with E-state index >= 15 is 0 Å². The van der Waals surface area contributed by atoms with E-state index < -0.39 is 29.9 Å². The standard InChI is InChI=1S/C20H30N4O7.C4H10N2O/c1-13(2)19(20(30)21-11-16(27)22-12-31-14(3)25)23-15(26)7-5-4-6-10-24-17(28)8-9-18(24)29;1-2-3-6-4(5)7/h8-9,13,19H,4-7,10-12H2,1-3H3,(H,21,30)(H,22,27)(H,23,26);2-3H2,1H3,(H3,5,6,7). The Morgan fingerprint density at radius 3 is 2.08 bits per heavy atom. The molecule has 7 amide bonds. The zero-order valence-corrected chi connectivity index (χ0v) is 22.5. The van der Waals surface area contributed by atoms with Gasteiger partial charge in [0, 0.05) is 38.6 Å². The van der Waals surface area contributed by atoms with Gasteiger partial charge < -0.3 is 31.7 Å². The van der Waals surface area contributed by atoms with E-state index in [0.29, 0.717) is 32.4 Å². The fourth-order valence-electron chi connectivity index (χ4n) is 2.97. The summed E-state index contributed by atoms with van der Waals surface area (Å²) in [5.41, 5.74) is 4.73. The number of unbranched alkanes of at least 4 members (excludes halogenated alkanes) is 2. The fraction of sp³-hybridized carbons (Fsp3) is 0.625. The number of rotatable bonds is 15. The lowest BCUT2D eigenvalue weighted by molar-refractivity contribution is -0.143. The van der Waals surface area contributed by atoms with Crippen molar-refractivity contribution in [1.29, 1.82) is 0 Å². The number of nitrogens with two attached hydrogens (primary N) is 1. The van der Waals surface area contributed by atoms with Crippen LogP contribution in [-0.4, -0.2) is 78.8 Å². The van der Waals surface area contributed by atoms with Crippen molar-refractivity contribution in [2.75, 3.05) is 26.4 Å². The highest BCUT2D eigenvalue weighted by Crippen LogP contribution is 2.08. The summed E-state index contributed by atoms with van der Waals surface area (Å²) in [5, 5.41) is 9.85. The Bertz CT molecular complexity index is 856. The maximum atomic E-state index is 12.3. The lowest BCUT2D eigenvalue weighted by Gasteiger charge is -2.21. The third-order valence-electron chi connectivity index (χ3n) is 4.97. The van der Waals surface area contributed by atoms with E-state index in [4.69, 9.17) is 5.73 Å². The Morgan fingerprint density at radius 1 is 0.947 bits per heavy atom. The number of amides is 7. The molecular weight excluding hydrogens is 500 g/mol. The van der Waals surface area contributed by atoms with E-state index in [1.54, 1.807) is 13.8 Å². The maximum absolute atomic E-state index is 12.3. The highest BCUT2D eigenvalue weighted by molar-refractivity contribution is 6.12. The zero-order chi connectivity index (χ0) is 29.1. The Kier molecular flexibility index (Phi) is 17.2. The van der Waals surface area contributed by atoms with E-state index in [0.717, 1.165) is 11.3 Å². The van der Waals surface area contributed by atoms with Crippen LogP contribution in [-0.2, 0) is 33.5 Å². The first-order valence-electron chi connectivity index (χ1n) is 12.4. The van der Waals surface area contributed by atoms with Gasteiger partial charge in [0.1, 0.15) is 6.04 Å². The van der Waals surface area contributed by atoms with Crippen molar-refractivity contribution in [3.8, 4) is 0 Å². The molecule has 0 radical (unpaired) electrons. The van der Waals surface area contributed by atoms with Gasteiger partial charge in [0.25, 0.3) is 11.8 Å². The number of urea groups is 1. The van der Waals surface area contributed by atoms with Gasteiger partial charge in [0.15, 0.2) is 6.73 Å². The number of hydrogen-bond acceptors (Lipinski definition) is 8. The molecule has 14 nitrogen and oxygen atoms in total. The van der Waals surface area contributed by atoms with Crippen LogP contribution in [0.25, 0.3) is 0 Å². The number of hydrogen-bond donors (Lipinski definition) is 5. The van der Waals surface area contributed by atoms with Crippen LogP contribution in [0.3, 0.4) is 0 Å². The predicted molar refractivity (Wildman–Crippen MR) is 137 cm³/mol. The van der Waals surface area contributed by atoms with E-state index in [2.05, 4.69) is 26.0 Å². The van der Waals surface area contributed by atoms with Gasteiger partial charge in [-0.3, -0.25) is 33.7 Å². The molecule has 0 aromatic rings. The molecule has 0 bridgehead atoms. The van der Waals surface area contributed by atoms with Crippen molar-refractivity contribution >= 4 is 41.5 Å². The molecular formula is C24H40N6O8. The predicted octanol–water partition coefficient (Wildman–Crippen LogP) is -0.570. The molecule has 1 heterocycles. The van der Waals surface area contributed by atoms with E-state index in [1.807, 2.05) is 6.92 Å². The van der Waals surface area contributed by atoms with Crippen molar-refractivity contribution < 1.29 is 38.3 Å². The number of ether oxygens (including phenoxy) is 1. The van der Waals surface area contributed by atoms with Gasteiger partial charge in [-0.25, -0.2) is 4.79 Å². The summed E-state index contributed by atoms with van der Waals surface area (Å²) in [5.74, 6) is -2.72. The summed E-state index contributed by atoms with van der Waals surface area (Å²) in [4.78, 5) is 80.7. The molecule has 0 saturated heterocycles. The smallest absolute Gasteiger partial charge is 0.312 e. The van der Waals surface area contributed by atoms with Gasteiger partial charge in [0.05, 0.1) is 6.54 Å². The second kappa shape index (κ2) is 19.2. The minimum Gasteiger partial charge on any atom is -0.445 e. The Labute approximate surface area is 222 Å². The molecule has 0 aromatic carbocycles. The normalized spacial score (nSPS) is 12.8. The molecule has 1 unspecified atom stereocenters. The molecule has 6 N–H and O–H groups in total. The van der Waals surface area contributed by atoms with Gasteiger partial charge >= 0.3 is 12.0 Å². The van der Waals surface area contributed by atoms with Gasteiger partial charge in [-0.2, -0.15) is 0 Å². The van der Waals surface area contributed by atoms with Crippen LogP contribution in [0.2, 0.25) is 0 Å². The number of imide groups is 1. The molecule has 1 atom stereocenters. The van der Waals surface area contributed by atoms with Crippen molar-refractivity contribution in [3.63, 3.8) is 0 Å². The second-order valence-electron chi connectivity index (χ2n) is 8.65. The first kappa shape index (κ1) is 34.0. The maximum Gasteiger partial charge on any atom is 0.312 e. The molecule has 214 valence electrons. The molecule has 0 fully saturated rings. The number of carbonyl (C=O) groups excluding carboxylic acids is 7. The molecule has 0 aromatic heterocycles. The van der Waals surface area contributed by atoms with Crippen molar-refractivity contribution in [2.45, 2.75) is 65.8 Å². The third-order valence-corrected chi connectivity index (χ3v) is 4.97. The van der Waals surface area contributed by atoms with Crippen LogP contribution in [0, 0.1) is 5.92 Å². The second-order valence-corrected chi connectivity index (χ2v) is 8.65. The van der Waals surface area contributed by atoms with Gasteiger partial charge in [-0.1, -0.05) is 27.2 Å². The Hall–Kier alpha value is -3.97. The molecule has 1 aliphatic rings. The topological polar surface area (TPSA) is 206 Å². The third kappa shape index (κ3) is 15.9. The van der Waals surface area contributed by atoms with E-state index in [1.165, 1.54) is 19.1 Å². The van der Waals surface area contributed by atoms with Crippen LogP contribution >= 0.6 is 0 Å². The van der Waals surface area contributed by atoms with Crippen LogP contribution in [0.5, 0.6) is 0 Å². The van der Waals surface area contributed by atoms with E-state index in [9.17, 15) is 33.6 Å². The summed E-state index contributed by atoms with van der Waals surface area (Å²) >= 11 is 0. The number of primary amides is 1. The lowest BCUT2D eigenvalue weighted by atomic mass is 10.0. The fourth-order valence-corrected chi connectivity index (χ4v) is 2.97. The summed E-state index contributed by atoms with van der Waals surface area (Å²) in [6, 6.07) is -1.25. The minimum atomic E-state index is -0.806. The Balaban J connectivity index is 0.00000171. The number of carbonyl (C=O) groups is 7. The van der Waals surface area contributed by atoms with Crippen molar-refractivity contribution in [2.24, 2.45) is 11.7 Å². The first-order valence-corrected chi connectivity index (χ1v) is 12.4. The van der Waals surface area contributed by atoms with Crippen molar-refractivity contribution in [3.05, 3.63) is 12.2 Å². The SMILES string of the molecule is CC(=O)OCNC(=O)CNC(=O)C(NC(=O)CCCCCN1C(=O)C=CC1=O)C(C)C.CCCNC(N)=O. The molecule has 0 spiro atoms. The summed E-state index contributed by atoms with van der Waals surface area (Å²) in [7, 11) is 0. The minimum absolute atomic E-state index is 0.194. The van der Waals surface area contributed by atoms with Crippen LogP contribution < -0.4 is 27.0 Å². The molecule has 0 saturated carbocycles. The molecule has 1 rings (SSSR count). The Morgan fingerprint density at radius 2 is 1.58 bits per heavy atom. The summed E-state index contributed by atoms with van der Waals surface area (Å²) < 4.78 is 4.57. The monoisotopic (exact) mass is 540 g/mol. The summed E-state index contributed by atoms with van der Waals surface area (Å²) in [6.07, 6.45) is 5.37. The first-order chi connectivity index (χ1) is 17.9. The quantitative estimate of drug-likeness (QED) is 0.0785. The van der Waals surface area contributed by atoms with Gasteiger partial charge in [0.2, 0.25) is 17.7 Å². The molecule has 0 aliphatic carbocycles. The largest absolute Gasteiger partial charge is 0.445 e. The average Bonchev–Trinajstić information content (AvgIpc) is 3.16. The van der Waals surface area contributed by atoms with Gasteiger partial charge in [-0.15, -0.1) is 0 Å². The van der Waals surface area contributed by atoms with Crippen LogP contribution in [0.1, 0.15) is 59.8 Å². The zero-order valence-electron chi connectivity index (χ0n) is 22.5.